The van der Waals surface area contributed by atoms with E-state index in [1.54, 1.807) is 36.4 Å². The number of benzene rings is 2. The van der Waals surface area contributed by atoms with E-state index in [4.69, 9.17) is 10.00 Å². The van der Waals surface area contributed by atoms with Gasteiger partial charge in [0, 0.05) is 5.69 Å². The summed E-state index contributed by atoms with van der Waals surface area (Å²) in [5, 5.41) is 11.3. The highest BCUT2D eigenvalue weighted by molar-refractivity contribution is 5.95. The molecule has 0 aliphatic heterocycles. The number of amides is 1. The van der Waals surface area contributed by atoms with E-state index in [9.17, 15) is 9.59 Å². The molecular weight excluding hydrogens is 292 g/mol. The second-order valence-electron chi connectivity index (χ2n) is 5.11. The van der Waals surface area contributed by atoms with Crippen molar-refractivity contribution in [1.29, 1.82) is 5.26 Å². The van der Waals surface area contributed by atoms with Crippen LogP contribution in [0.25, 0.3) is 0 Å². The number of nitriles is 1. The van der Waals surface area contributed by atoms with Crippen LogP contribution in [0, 0.1) is 25.2 Å². The highest BCUT2D eigenvalue weighted by atomic mass is 16.5. The summed E-state index contributed by atoms with van der Waals surface area (Å²) in [6, 6.07) is 13.6. The van der Waals surface area contributed by atoms with Crippen molar-refractivity contribution in [1.82, 2.24) is 0 Å². The number of ether oxygens (including phenoxy) is 1. The molecular formula is C18H16N2O3. The van der Waals surface area contributed by atoms with Gasteiger partial charge >= 0.3 is 5.97 Å². The largest absolute Gasteiger partial charge is 0.452 e. The first-order valence-electron chi connectivity index (χ1n) is 7.04. The Hall–Kier alpha value is -3.13. The molecule has 0 spiro atoms. The van der Waals surface area contributed by atoms with E-state index in [2.05, 4.69) is 5.32 Å². The summed E-state index contributed by atoms with van der Waals surface area (Å²) in [4.78, 5) is 23.7. The fourth-order valence-corrected chi connectivity index (χ4v) is 1.91. The highest BCUT2D eigenvalue weighted by Crippen LogP contribution is 2.11. The van der Waals surface area contributed by atoms with Crippen LogP contribution in [0.4, 0.5) is 5.69 Å². The lowest BCUT2D eigenvalue weighted by Gasteiger charge is -2.08. The molecule has 0 bridgehead atoms. The summed E-state index contributed by atoms with van der Waals surface area (Å²) < 4.78 is 5.00. The summed E-state index contributed by atoms with van der Waals surface area (Å²) in [5.41, 5.74) is 3.53. The highest BCUT2D eigenvalue weighted by Gasteiger charge is 2.11. The average Bonchev–Trinajstić information content (AvgIpc) is 2.56. The molecule has 0 fully saturated rings. The van der Waals surface area contributed by atoms with Gasteiger partial charge < -0.3 is 10.1 Å². The second kappa shape index (κ2) is 7.23. The molecule has 0 aliphatic carbocycles. The lowest BCUT2D eigenvalue weighted by atomic mass is 10.1. The molecule has 0 aliphatic rings. The number of esters is 1. The fourth-order valence-electron chi connectivity index (χ4n) is 1.91. The molecule has 2 aromatic rings. The maximum Gasteiger partial charge on any atom is 0.338 e. The van der Waals surface area contributed by atoms with Gasteiger partial charge in [0.2, 0.25) is 0 Å². The third kappa shape index (κ3) is 4.42. The van der Waals surface area contributed by atoms with Crippen molar-refractivity contribution in [3.05, 3.63) is 64.7 Å². The monoisotopic (exact) mass is 308 g/mol. The van der Waals surface area contributed by atoms with Crippen LogP contribution in [0.2, 0.25) is 0 Å². The summed E-state index contributed by atoms with van der Waals surface area (Å²) in [6.07, 6.45) is 0. The molecule has 1 N–H and O–H groups in total. The van der Waals surface area contributed by atoms with E-state index in [1.165, 1.54) is 0 Å². The lowest BCUT2D eigenvalue weighted by Crippen LogP contribution is -2.21. The number of hydrogen-bond donors (Lipinski definition) is 1. The van der Waals surface area contributed by atoms with Gasteiger partial charge in [0.25, 0.3) is 5.91 Å². The number of rotatable bonds is 4. The number of anilines is 1. The number of nitrogens with one attached hydrogen (secondary N) is 1. The molecule has 5 nitrogen and oxygen atoms in total. The molecule has 2 aromatic carbocycles. The lowest BCUT2D eigenvalue weighted by molar-refractivity contribution is -0.119. The predicted octanol–water partition coefficient (Wildman–Crippen LogP) is 2.97. The molecule has 1 amide bonds. The van der Waals surface area contributed by atoms with E-state index < -0.39 is 11.9 Å². The number of carbonyl (C=O) groups excluding carboxylic acids is 2. The van der Waals surface area contributed by atoms with Crippen molar-refractivity contribution in [2.75, 3.05) is 11.9 Å². The Kier molecular flexibility index (Phi) is 5.11. The number of carbonyl (C=O) groups is 2. The van der Waals surface area contributed by atoms with Gasteiger partial charge in [0.15, 0.2) is 6.61 Å². The van der Waals surface area contributed by atoms with Crippen LogP contribution in [-0.4, -0.2) is 18.5 Å². The maximum absolute atomic E-state index is 11.9. The minimum absolute atomic E-state index is 0.369. The normalized spacial score (nSPS) is 9.78. The Morgan fingerprint density at radius 2 is 1.78 bits per heavy atom. The Bertz CT molecular complexity index is 774. The van der Waals surface area contributed by atoms with Crippen LogP contribution in [-0.2, 0) is 9.53 Å². The molecule has 0 saturated heterocycles. The molecule has 0 aromatic heterocycles. The van der Waals surface area contributed by atoms with Crippen molar-refractivity contribution in [2.24, 2.45) is 0 Å². The first-order chi connectivity index (χ1) is 11.0. The summed E-state index contributed by atoms with van der Waals surface area (Å²) >= 11 is 0. The van der Waals surface area contributed by atoms with Gasteiger partial charge in [-0.2, -0.15) is 5.26 Å². The van der Waals surface area contributed by atoms with Crippen LogP contribution in [0.5, 0.6) is 0 Å². The number of hydrogen-bond acceptors (Lipinski definition) is 4. The second-order valence-corrected chi connectivity index (χ2v) is 5.11. The minimum Gasteiger partial charge on any atom is -0.452 e. The molecule has 23 heavy (non-hydrogen) atoms. The van der Waals surface area contributed by atoms with Crippen LogP contribution in [0.1, 0.15) is 27.0 Å². The van der Waals surface area contributed by atoms with Gasteiger partial charge in [-0.25, -0.2) is 4.79 Å². The molecule has 5 heteroatoms. The Balaban J connectivity index is 1.89. The van der Waals surface area contributed by atoms with E-state index in [0.717, 1.165) is 11.1 Å². The van der Waals surface area contributed by atoms with Crippen molar-refractivity contribution in [3.63, 3.8) is 0 Å². The maximum atomic E-state index is 11.9. The summed E-state index contributed by atoms with van der Waals surface area (Å²) in [5.74, 6) is -0.977. The van der Waals surface area contributed by atoms with Crippen molar-refractivity contribution >= 4 is 17.6 Å². The molecule has 116 valence electrons. The molecule has 0 heterocycles. The van der Waals surface area contributed by atoms with Crippen molar-refractivity contribution < 1.29 is 14.3 Å². The van der Waals surface area contributed by atoms with Crippen LogP contribution >= 0.6 is 0 Å². The minimum atomic E-state index is -0.539. The van der Waals surface area contributed by atoms with Gasteiger partial charge in [-0.3, -0.25) is 4.79 Å². The van der Waals surface area contributed by atoms with Crippen molar-refractivity contribution in [2.45, 2.75) is 13.8 Å². The third-order valence-corrected chi connectivity index (χ3v) is 3.37. The van der Waals surface area contributed by atoms with Crippen molar-refractivity contribution in [3.8, 4) is 6.07 Å². The summed E-state index contributed by atoms with van der Waals surface area (Å²) in [7, 11) is 0. The third-order valence-electron chi connectivity index (χ3n) is 3.37. The summed E-state index contributed by atoms with van der Waals surface area (Å²) in [6.45, 7) is 3.49. The zero-order valence-corrected chi connectivity index (χ0v) is 12.9. The van der Waals surface area contributed by atoms with Crippen LogP contribution < -0.4 is 5.32 Å². The first-order valence-corrected chi connectivity index (χ1v) is 7.04. The Labute approximate surface area is 134 Å². The smallest absolute Gasteiger partial charge is 0.338 e. The Morgan fingerprint density at radius 3 is 2.39 bits per heavy atom. The van der Waals surface area contributed by atoms with Crippen LogP contribution in [0.3, 0.4) is 0 Å². The topological polar surface area (TPSA) is 79.2 Å². The van der Waals surface area contributed by atoms with Gasteiger partial charge in [0.1, 0.15) is 0 Å². The zero-order valence-electron chi connectivity index (χ0n) is 12.9. The zero-order chi connectivity index (χ0) is 16.8. The van der Waals surface area contributed by atoms with E-state index in [0.29, 0.717) is 16.8 Å². The fraction of sp³-hybridized carbons (Fsp3) is 0.167. The van der Waals surface area contributed by atoms with Gasteiger partial charge in [0.05, 0.1) is 17.2 Å². The van der Waals surface area contributed by atoms with E-state index in [-0.39, 0.29) is 6.61 Å². The van der Waals surface area contributed by atoms with Gasteiger partial charge in [-0.15, -0.1) is 0 Å². The van der Waals surface area contributed by atoms with E-state index >= 15 is 0 Å². The number of nitrogens with zero attached hydrogens (tertiary/aromatic N) is 1. The Morgan fingerprint density at radius 1 is 1.09 bits per heavy atom. The van der Waals surface area contributed by atoms with Gasteiger partial charge in [-0.05, 0) is 61.4 Å². The molecule has 0 unspecified atom stereocenters. The molecule has 0 atom stereocenters. The molecule has 0 saturated carbocycles. The van der Waals surface area contributed by atoms with Crippen LogP contribution in [0.15, 0.2) is 42.5 Å². The quantitative estimate of drug-likeness (QED) is 0.881. The molecule has 0 radical (unpaired) electrons. The first kappa shape index (κ1) is 16.2. The number of aryl methyl sites for hydroxylation is 2. The van der Waals surface area contributed by atoms with E-state index in [1.807, 2.05) is 26.0 Å². The average molecular weight is 308 g/mol. The standard InChI is InChI=1S/C18H16N2O3/c1-12-3-6-15(9-13(12)2)18(22)23-11-17(21)20-16-7-4-14(10-19)5-8-16/h3-9H,11H2,1-2H3,(H,20,21). The predicted molar refractivity (Wildman–Crippen MR) is 86.0 cm³/mol. The SMILES string of the molecule is Cc1ccc(C(=O)OCC(=O)Nc2ccc(C#N)cc2)cc1C. The van der Waals surface area contributed by atoms with Gasteiger partial charge in [-0.1, -0.05) is 6.07 Å². The molecule has 2 rings (SSSR count).